The lowest BCUT2D eigenvalue weighted by atomic mass is 10.0. The maximum atomic E-state index is 10.7. The van der Waals surface area contributed by atoms with Crippen molar-refractivity contribution in [2.75, 3.05) is 0 Å². The van der Waals surface area contributed by atoms with Crippen LogP contribution in [0.2, 0.25) is 0 Å². The van der Waals surface area contributed by atoms with Gasteiger partial charge in [-0.3, -0.25) is 0 Å². The van der Waals surface area contributed by atoms with Gasteiger partial charge in [0, 0.05) is 12.5 Å². The summed E-state index contributed by atoms with van der Waals surface area (Å²) < 4.78 is 4.98. The summed E-state index contributed by atoms with van der Waals surface area (Å²) in [6.07, 6.45) is 5.61. The van der Waals surface area contributed by atoms with E-state index in [1.54, 1.807) is 12.2 Å². The second kappa shape index (κ2) is 2.29. The summed E-state index contributed by atoms with van der Waals surface area (Å²) in [5, 5.41) is 0. The molecule has 0 aromatic carbocycles. The third-order valence-electron chi connectivity index (χ3n) is 1.54. The number of esters is 1. The number of carbonyl (C=O) groups is 1. The van der Waals surface area contributed by atoms with Crippen molar-refractivity contribution < 1.29 is 9.53 Å². The Morgan fingerprint density at radius 3 is 3.00 bits per heavy atom. The Labute approximate surface area is 60.2 Å². The van der Waals surface area contributed by atoms with Crippen molar-refractivity contribution in [2.45, 2.75) is 18.9 Å². The van der Waals surface area contributed by atoms with Crippen LogP contribution >= 0.6 is 0 Å². The van der Waals surface area contributed by atoms with Crippen LogP contribution in [0.3, 0.4) is 0 Å². The van der Waals surface area contributed by atoms with Gasteiger partial charge in [0.05, 0.1) is 0 Å². The fourth-order valence-corrected chi connectivity index (χ4v) is 0.820. The van der Waals surface area contributed by atoms with Crippen LogP contribution in [0, 0.1) is 0 Å². The molecule has 1 rings (SSSR count). The van der Waals surface area contributed by atoms with Crippen LogP contribution in [0.1, 0.15) is 13.3 Å². The molecule has 1 aliphatic heterocycles. The van der Waals surface area contributed by atoms with E-state index in [9.17, 15) is 4.79 Å². The second-order valence-corrected chi connectivity index (χ2v) is 2.54. The van der Waals surface area contributed by atoms with E-state index in [1.165, 1.54) is 6.08 Å². The molecule has 2 heteroatoms. The van der Waals surface area contributed by atoms with Crippen LogP contribution in [0.5, 0.6) is 0 Å². The molecule has 0 aliphatic carbocycles. The van der Waals surface area contributed by atoms with Crippen molar-refractivity contribution in [2.24, 2.45) is 0 Å². The molecule has 1 unspecified atom stereocenters. The first-order valence-corrected chi connectivity index (χ1v) is 3.19. The van der Waals surface area contributed by atoms with E-state index in [1.807, 2.05) is 6.92 Å². The number of hydrogen-bond donors (Lipinski definition) is 0. The largest absolute Gasteiger partial charge is 0.452 e. The van der Waals surface area contributed by atoms with Crippen molar-refractivity contribution in [3.8, 4) is 0 Å². The van der Waals surface area contributed by atoms with E-state index in [0.29, 0.717) is 0 Å². The monoisotopic (exact) mass is 138 g/mol. The predicted molar refractivity (Wildman–Crippen MR) is 38.5 cm³/mol. The van der Waals surface area contributed by atoms with E-state index in [0.717, 1.165) is 6.42 Å². The molecular weight excluding hydrogens is 128 g/mol. The summed E-state index contributed by atoms with van der Waals surface area (Å²) in [6, 6.07) is 0. The third-order valence-corrected chi connectivity index (χ3v) is 1.54. The molecule has 0 radical (unpaired) electrons. The van der Waals surface area contributed by atoms with Crippen molar-refractivity contribution in [1.82, 2.24) is 0 Å². The van der Waals surface area contributed by atoms with Crippen LogP contribution in [-0.4, -0.2) is 11.6 Å². The highest BCUT2D eigenvalue weighted by Crippen LogP contribution is 2.21. The summed E-state index contributed by atoms with van der Waals surface area (Å²) in [5.41, 5.74) is -0.480. The lowest BCUT2D eigenvalue weighted by Crippen LogP contribution is -2.30. The van der Waals surface area contributed by atoms with Crippen LogP contribution in [0.15, 0.2) is 24.8 Å². The molecule has 0 saturated heterocycles. The van der Waals surface area contributed by atoms with Gasteiger partial charge in [-0.2, -0.15) is 0 Å². The molecule has 0 saturated carbocycles. The van der Waals surface area contributed by atoms with E-state index >= 15 is 0 Å². The molecule has 54 valence electrons. The van der Waals surface area contributed by atoms with Gasteiger partial charge in [-0.1, -0.05) is 12.7 Å². The highest BCUT2D eigenvalue weighted by atomic mass is 16.6. The molecule has 1 atom stereocenters. The molecule has 0 aromatic heterocycles. The topological polar surface area (TPSA) is 26.3 Å². The average molecular weight is 138 g/mol. The summed E-state index contributed by atoms with van der Waals surface area (Å²) in [7, 11) is 0. The highest BCUT2D eigenvalue weighted by molar-refractivity contribution is 5.83. The first-order valence-electron chi connectivity index (χ1n) is 3.19. The number of cyclic esters (lactones) is 1. The average Bonchev–Trinajstić information content (AvgIpc) is 1.88. The third kappa shape index (κ3) is 1.26. The normalized spacial score (nSPS) is 31.5. The van der Waals surface area contributed by atoms with E-state index in [4.69, 9.17) is 4.74 Å². The predicted octanol–water partition coefficient (Wildman–Crippen LogP) is 1.43. The molecule has 1 aliphatic rings. The number of rotatable bonds is 1. The van der Waals surface area contributed by atoms with Gasteiger partial charge in [-0.05, 0) is 13.0 Å². The van der Waals surface area contributed by atoms with Crippen LogP contribution in [-0.2, 0) is 9.53 Å². The van der Waals surface area contributed by atoms with Crippen molar-refractivity contribution in [3.05, 3.63) is 24.8 Å². The smallest absolute Gasteiger partial charge is 0.331 e. The molecule has 0 N–H and O–H groups in total. The minimum Gasteiger partial charge on any atom is -0.452 e. The van der Waals surface area contributed by atoms with E-state index in [-0.39, 0.29) is 5.97 Å². The van der Waals surface area contributed by atoms with Crippen LogP contribution in [0.25, 0.3) is 0 Å². The minimum absolute atomic E-state index is 0.284. The fraction of sp³-hybridized carbons (Fsp3) is 0.375. The fourth-order valence-electron chi connectivity index (χ4n) is 0.820. The van der Waals surface area contributed by atoms with Gasteiger partial charge >= 0.3 is 5.97 Å². The SMILES string of the molecule is C=CC1(C)CC=CC(=O)O1. The Balaban J connectivity index is 2.76. The van der Waals surface area contributed by atoms with Gasteiger partial charge in [0.1, 0.15) is 5.60 Å². The van der Waals surface area contributed by atoms with E-state index in [2.05, 4.69) is 6.58 Å². The van der Waals surface area contributed by atoms with Gasteiger partial charge in [0.2, 0.25) is 0 Å². The van der Waals surface area contributed by atoms with Crippen LogP contribution < -0.4 is 0 Å². The Kier molecular flexibility index (Phi) is 1.62. The molecule has 0 fully saturated rings. The lowest BCUT2D eigenvalue weighted by molar-refractivity contribution is -0.148. The van der Waals surface area contributed by atoms with Gasteiger partial charge in [-0.15, -0.1) is 0 Å². The van der Waals surface area contributed by atoms with E-state index < -0.39 is 5.60 Å². The molecule has 0 spiro atoms. The Hall–Kier alpha value is -1.05. The van der Waals surface area contributed by atoms with Crippen molar-refractivity contribution in [1.29, 1.82) is 0 Å². The Bertz CT molecular complexity index is 193. The minimum atomic E-state index is -0.480. The summed E-state index contributed by atoms with van der Waals surface area (Å²) >= 11 is 0. The Morgan fingerprint density at radius 2 is 2.60 bits per heavy atom. The molecule has 10 heavy (non-hydrogen) atoms. The summed E-state index contributed by atoms with van der Waals surface area (Å²) in [4.78, 5) is 10.7. The summed E-state index contributed by atoms with van der Waals surface area (Å²) in [6.45, 7) is 5.41. The standard InChI is InChI=1S/C8H10O2/c1-3-8(2)6-4-5-7(9)10-8/h3-5H,1,6H2,2H3. The lowest BCUT2D eigenvalue weighted by Gasteiger charge is -2.26. The second-order valence-electron chi connectivity index (χ2n) is 2.54. The maximum Gasteiger partial charge on any atom is 0.331 e. The molecule has 2 nitrogen and oxygen atoms in total. The van der Waals surface area contributed by atoms with Crippen LogP contribution in [0.4, 0.5) is 0 Å². The first kappa shape index (κ1) is 7.06. The van der Waals surface area contributed by atoms with Gasteiger partial charge in [0.15, 0.2) is 0 Å². The summed E-state index contributed by atoms with van der Waals surface area (Å²) in [5.74, 6) is -0.284. The quantitative estimate of drug-likeness (QED) is 0.404. The zero-order valence-electron chi connectivity index (χ0n) is 5.96. The number of carbonyl (C=O) groups excluding carboxylic acids is 1. The molecule has 1 heterocycles. The van der Waals surface area contributed by atoms with Gasteiger partial charge in [-0.25, -0.2) is 4.79 Å². The Morgan fingerprint density at radius 1 is 1.90 bits per heavy atom. The van der Waals surface area contributed by atoms with Crippen molar-refractivity contribution in [3.63, 3.8) is 0 Å². The highest BCUT2D eigenvalue weighted by Gasteiger charge is 2.25. The van der Waals surface area contributed by atoms with Gasteiger partial charge < -0.3 is 4.74 Å². The maximum absolute atomic E-state index is 10.7. The number of ether oxygens (including phenoxy) is 1. The van der Waals surface area contributed by atoms with Crippen molar-refractivity contribution >= 4 is 5.97 Å². The zero-order chi connectivity index (χ0) is 7.61. The van der Waals surface area contributed by atoms with Gasteiger partial charge in [0.25, 0.3) is 0 Å². The first-order chi connectivity index (χ1) is 4.66. The molecule has 0 aromatic rings. The molecule has 0 amide bonds. The number of hydrogen-bond acceptors (Lipinski definition) is 2. The molecular formula is C8H10O2. The zero-order valence-corrected chi connectivity index (χ0v) is 5.96. The molecule has 0 bridgehead atoms.